The zero-order valence-corrected chi connectivity index (χ0v) is 13.5. The van der Waals surface area contributed by atoms with Gasteiger partial charge in [0.2, 0.25) is 0 Å². The fourth-order valence-corrected chi connectivity index (χ4v) is 3.33. The molecule has 0 radical (unpaired) electrons. The molecule has 0 saturated carbocycles. The van der Waals surface area contributed by atoms with Crippen LogP contribution in [0.25, 0.3) is 0 Å². The summed E-state index contributed by atoms with van der Waals surface area (Å²) in [5, 5.41) is 0.756. The fourth-order valence-electron chi connectivity index (χ4n) is 2.80. The Balaban J connectivity index is 1.70. The van der Waals surface area contributed by atoms with Gasteiger partial charge in [-0.25, -0.2) is 0 Å². The quantitative estimate of drug-likeness (QED) is 0.760. The lowest BCUT2D eigenvalue weighted by atomic mass is 9.96. The maximum absolute atomic E-state index is 12.4. The van der Waals surface area contributed by atoms with E-state index in [1.54, 1.807) is 12.1 Å². The van der Waals surface area contributed by atoms with Crippen LogP contribution >= 0.6 is 23.2 Å². The Morgan fingerprint density at radius 2 is 1.78 bits per heavy atom. The van der Waals surface area contributed by atoms with Gasteiger partial charge in [-0.3, -0.25) is 4.79 Å². The van der Waals surface area contributed by atoms with Crippen LogP contribution in [0.4, 0.5) is 0 Å². The number of carbonyl (C=O) groups is 1. The van der Waals surface area contributed by atoms with E-state index in [0.717, 1.165) is 5.56 Å². The van der Waals surface area contributed by atoms with Crippen molar-refractivity contribution >= 4 is 29.0 Å². The van der Waals surface area contributed by atoms with Crippen LogP contribution < -0.4 is 14.2 Å². The number of ether oxygens (including phenoxy) is 3. The van der Waals surface area contributed by atoms with Gasteiger partial charge < -0.3 is 14.2 Å². The van der Waals surface area contributed by atoms with E-state index in [1.165, 1.54) is 0 Å². The molecule has 0 aliphatic carbocycles. The summed E-state index contributed by atoms with van der Waals surface area (Å²) < 4.78 is 17.0. The lowest BCUT2D eigenvalue weighted by molar-refractivity contribution is 0.0849. The lowest BCUT2D eigenvalue weighted by Crippen LogP contribution is -2.21. The molecule has 1 atom stereocenters. The van der Waals surface area contributed by atoms with Crippen LogP contribution in [0.3, 0.4) is 0 Å². The Morgan fingerprint density at radius 1 is 1.00 bits per heavy atom. The summed E-state index contributed by atoms with van der Waals surface area (Å²) in [7, 11) is 0. The van der Waals surface area contributed by atoms with E-state index in [9.17, 15) is 4.79 Å². The standard InChI is InChI=1S/C17H12Cl2O4/c18-10-6-11-13(20)8-15(23-17(11)12(19)7-10)9-1-2-14-16(5-9)22-4-3-21-14/h1-2,5-7,15H,3-4,8H2/t15-/m0/s1. The molecule has 118 valence electrons. The van der Waals surface area contributed by atoms with Crippen LogP contribution in [0.1, 0.15) is 28.4 Å². The number of carbonyl (C=O) groups excluding carboxylic acids is 1. The number of Topliss-reactive ketones (excluding diaryl/α,β-unsaturated/α-hetero) is 1. The van der Waals surface area contributed by atoms with Gasteiger partial charge in [-0.2, -0.15) is 0 Å². The first-order valence-corrected chi connectivity index (χ1v) is 7.96. The monoisotopic (exact) mass is 350 g/mol. The molecule has 4 rings (SSSR count). The van der Waals surface area contributed by atoms with Crippen LogP contribution in [0.5, 0.6) is 17.2 Å². The van der Waals surface area contributed by atoms with E-state index >= 15 is 0 Å². The van der Waals surface area contributed by atoms with E-state index in [1.807, 2.05) is 18.2 Å². The normalized spacial score (nSPS) is 19.0. The van der Waals surface area contributed by atoms with Crippen molar-refractivity contribution in [1.29, 1.82) is 0 Å². The first-order chi connectivity index (χ1) is 11.1. The lowest BCUT2D eigenvalue weighted by Gasteiger charge is -2.27. The highest BCUT2D eigenvalue weighted by atomic mass is 35.5. The molecule has 2 aliphatic rings. The molecular formula is C17H12Cl2O4. The third-order valence-corrected chi connectivity index (χ3v) is 4.38. The van der Waals surface area contributed by atoms with E-state index in [0.29, 0.717) is 46.1 Å². The predicted molar refractivity (Wildman–Crippen MR) is 86.2 cm³/mol. The second-order valence-corrected chi connectivity index (χ2v) is 6.24. The molecule has 2 aliphatic heterocycles. The molecule has 0 saturated heterocycles. The van der Waals surface area contributed by atoms with Crippen molar-refractivity contribution in [3.63, 3.8) is 0 Å². The summed E-state index contributed by atoms with van der Waals surface area (Å²) in [5.74, 6) is 1.70. The molecule has 0 aromatic heterocycles. The first-order valence-electron chi connectivity index (χ1n) is 7.20. The Morgan fingerprint density at radius 3 is 2.61 bits per heavy atom. The van der Waals surface area contributed by atoms with Crippen LogP contribution in [-0.2, 0) is 0 Å². The van der Waals surface area contributed by atoms with Crippen LogP contribution in [0.2, 0.25) is 10.0 Å². The van der Waals surface area contributed by atoms with Crippen molar-refractivity contribution in [2.75, 3.05) is 13.2 Å². The van der Waals surface area contributed by atoms with Crippen molar-refractivity contribution in [2.24, 2.45) is 0 Å². The van der Waals surface area contributed by atoms with Gasteiger partial charge >= 0.3 is 0 Å². The molecule has 2 aromatic rings. The van der Waals surface area contributed by atoms with Crippen molar-refractivity contribution < 1.29 is 19.0 Å². The minimum atomic E-state index is -0.412. The molecule has 0 spiro atoms. The third kappa shape index (κ3) is 2.62. The highest BCUT2D eigenvalue weighted by Crippen LogP contribution is 2.42. The van der Waals surface area contributed by atoms with E-state index in [-0.39, 0.29) is 12.2 Å². The van der Waals surface area contributed by atoms with E-state index in [4.69, 9.17) is 37.4 Å². The Bertz CT molecular complexity index is 803. The molecule has 0 fully saturated rings. The number of benzene rings is 2. The maximum Gasteiger partial charge on any atom is 0.170 e. The molecule has 0 unspecified atom stereocenters. The second-order valence-electron chi connectivity index (χ2n) is 5.40. The zero-order valence-electron chi connectivity index (χ0n) is 12.0. The van der Waals surface area contributed by atoms with Gasteiger partial charge in [-0.15, -0.1) is 0 Å². The minimum absolute atomic E-state index is 0.0458. The molecule has 2 aromatic carbocycles. The number of hydrogen-bond donors (Lipinski definition) is 0. The average Bonchev–Trinajstić information content (AvgIpc) is 2.55. The number of halogens is 2. The number of rotatable bonds is 1. The molecule has 6 heteroatoms. The topological polar surface area (TPSA) is 44.8 Å². The Hall–Kier alpha value is -1.91. The largest absolute Gasteiger partial charge is 0.486 e. The van der Waals surface area contributed by atoms with Crippen LogP contribution in [0.15, 0.2) is 30.3 Å². The average molecular weight is 351 g/mol. The van der Waals surface area contributed by atoms with Crippen molar-refractivity contribution in [3.05, 3.63) is 51.5 Å². The van der Waals surface area contributed by atoms with E-state index < -0.39 is 6.10 Å². The molecule has 23 heavy (non-hydrogen) atoms. The van der Waals surface area contributed by atoms with Gasteiger partial charge in [0.15, 0.2) is 17.3 Å². The fraction of sp³-hybridized carbons (Fsp3) is 0.235. The third-order valence-electron chi connectivity index (χ3n) is 3.88. The zero-order chi connectivity index (χ0) is 16.0. The molecule has 0 bridgehead atoms. The Kier molecular flexibility index (Phi) is 3.58. The molecule has 0 N–H and O–H groups in total. The number of ketones is 1. The van der Waals surface area contributed by atoms with Crippen LogP contribution in [0, 0.1) is 0 Å². The minimum Gasteiger partial charge on any atom is -0.486 e. The van der Waals surface area contributed by atoms with Gasteiger partial charge in [0, 0.05) is 5.02 Å². The summed E-state index contributed by atoms with van der Waals surface area (Å²) >= 11 is 12.1. The van der Waals surface area contributed by atoms with Crippen LogP contribution in [-0.4, -0.2) is 19.0 Å². The van der Waals surface area contributed by atoms with Gasteiger partial charge in [-0.1, -0.05) is 29.3 Å². The summed E-state index contributed by atoms with van der Waals surface area (Å²) in [6, 6.07) is 8.71. The van der Waals surface area contributed by atoms with Gasteiger partial charge in [0.05, 0.1) is 17.0 Å². The highest BCUT2D eigenvalue weighted by molar-refractivity contribution is 6.36. The van der Waals surface area contributed by atoms with Gasteiger partial charge in [-0.05, 0) is 29.8 Å². The van der Waals surface area contributed by atoms with Gasteiger partial charge in [0.25, 0.3) is 0 Å². The Labute approximate surface area is 142 Å². The predicted octanol–water partition coefficient (Wildman–Crippen LogP) is 4.47. The summed E-state index contributed by atoms with van der Waals surface area (Å²) in [5.41, 5.74) is 1.27. The molecule has 2 heterocycles. The number of fused-ring (bicyclic) bond motifs is 2. The van der Waals surface area contributed by atoms with Crippen molar-refractivity contribution in [3.8, 4) is 17.2 Å². The van der Waals surface area contributed by atoms with Crippen molar-refractivity contribution in [1.82, 2.24) is 0 Å². The molecular weight excluding hydrogens is 339 g/mol. The highest BCUT2D eigenvalue weighted by Gasteiger charge is 2.30. The molecule has 4 nitrogen and oxygen atoms in total. The smallest absolute Gasteiger partial charge is 0.170 e. The second kappa shape index (κ2) is 5.62. The SMILES string of the molecule is O=C1C[C@@H](c2ccc3c(c2)OCCO3)Oc2c(Cl)cc(Cl)cc21. The van der Waals surface area contributed by atoms with Gasteiger partial charge in [0.1, 0.15) is 25.1 Å². The molecule has 0 amide bonds. The maximum atomic E-state index is 12.4. The summed E-state index contributed by atoms with van der Waals surface area (Å²) in [6.45, 7) is 1.04. The summed E-state index contributed by atoms with van der Waals surface area (Å²) in [4.78, 5) is 12.4. The summed E-state index contributed by atoms with van der Waals surface area (Å²) in [6.07, 6.45) is -0.187. The van der Waals surface area contributed by atoms with Crippen molar-refractivity contribution in [2.45, 2.75) is 12.5 Å². The first kappa shape index (κ1) is 14.7. The van der Waals surface area contributed by atoms with E-state index in [2.05, 4.69) is 0 Å². The number of hydrogen-bond acceptors (Lipinski definition) is 4.